The van der Waals surface area contributed by atoms with Gasteiger partial charge in [0.1, 0.15) is 5.01 Å². The van der Waals surface area contributed by atoms with Crippen molar-refractivity contribution in [2.24, 2.45) is 0 Å². The number of aryl methyl sites for hydroxylation is 1. The Labute approximate surface area is 121 Å². The Morgan fingerprint density at radius 1 is 1.40 bits per heavy atom. The molecule has 8 nitrogen and oxygen atoms in total. The molecule has 0 aromatic carbocycles. The van der Waals surface area contributed by atoms with Crippen LogP contribution >= 0.6 is 11.3 Å². The molecule has 0 unspecified atom stereocenters. The highest BCUT2D eigenvalue weighted by Gasteiger charge is 2.22. The first-order valence-corrected chi connectivity index (χ1v) is 8.38. The van der Waals surface area contributed by atoms with E-state index in [0.29, 0.717) is 17.1 Å². The molecule has 2 aromatic rings. The maximum Gasteiger partial charge on any atom is 0.280 e. The van der Waals surface area contributed by atoms with E-state index >= 15 is 0 Å². The fourth-order valence-electron chi connectivity index (χ4n) is 1.56. The topological polar surface area (TPSA) is 113 Å². The summed E-state index contributed by atoms with van der Waals surface area (Å²) in [5.41, 5.74) is 0.590. The molecular formula is C10H16N6O2S2. The van der Waals surface area contributed by atoms with Crippen LogP contribution in [-0.2, 0) is 16.6 Å². The molecule has 110 valence electrons. The standard InChI is InChI=1S/C10H16N6O2S2/c1-3-4-11-5-8-6-12-14-9(8)20(17,18)16-10-15-13-7(2)19-10/h6,11H,3-5H2,1-2H3,(H,12,14)(H,15,16). The second-order valence-electron chi connectivity index (χ2n) is 4.13. The Hall–Kier alpha value is -1.52. The number of aromatic nitrogens is 4. The number of rotatable bonds is 7. The molecule has 0 fully saturated rings. The van der Waals surface area contributed by atoms with Gasteiger partial charge in [0.2, 0.25) is 5.13 Å². The van der Waals surface area contributed by atoms with Gasteiger partial charge >= 0.3 is 0 Å². The van der Waals surface area contributed by atoms with Crippen molar-refractivity contribution in [2.75, 3.05) is 11.3 Å². The number of nitrogens with zero attached hydrogens (tertiary/aromatic N) is 3. The molecule has 10 heteroatoms. The van der Waals surface area contributed by atoms with Gasteiger partial charge in [-0.15, -0.1) is 10.2 Å². The zero-order chi connectivity index (χ0) is 14.6. The highest BCUT2D eigenvalue weighted by molar-refractivity contribution is 7.92. The average molecular weight is 316 g/mol. The number of hydrogen-bond acceptors (Lipinski definition) is 7. The smallest absolute Gasteiger partial charge is 0.280 e. The van der Waals surface area contributed by atoms with E-state index in [-0.39, 0.29) is 10.2 Å². The molecule has 0 aliphatic rings. The minimum atomic E-state index is -3.72. The highest BCUT2D eigenvalue weighted by Crippen LogP contribution is 2.20. The minimum Gasteiger partial charge on any atom is -0.313 e. The minimum absolute atomic E-state index is 0.0500. The summed E-state index contributed by atoms with van der Waals surface area (Å²) in [6.07, 6.45) is 2.48. The van der Waals surface area contributed by atoms with Gasteiger partial charge in [0.25, 0.3) is 10.0 Å². The summed E-state index contributed by atoms with van der Waals surface area (Å²) in [7, 11) is -3.72. The molecule has 20 heavy (non-hydrogen) atoms. The molecule has 0 saturated heterocycles. The molecule has 2 aromatic heterocycles. The van der Waals surface area contributed by atoms with E-state index in [1.807, 2.05) is 6.92 Å². The van der Waals surface area contributed by atoms with E-state index in [0.717, 1.165) is 13.0 Å². The Morgan fingerprint density at radius 2 is 2.20 bits per heavy atom. The summed E-state index contributed by atoms with van der Waals surface area (Å²) in [5.74, 6) is 0. The van der Waals surface area contributed by atoms with E-state index in [1.54, 1.807) is 6.92 Å². The molecule has 0 aliphatic carbocycles. The van der Waals surface area contributed by atoms with Gasteiger partial charge in [0.15, 0.2) is 5.03 Å². The van der Waals surface area contributed by atoms with E-state index in [4.69, 9.17) is 0 Å². The van der Waals surface area contributed by atoms with Gasteiger partial charge in [-0.1, -0.05) is 18.3 Å². The van der Waals surface area contributed by atoms with E-state index in [1.165, 1.54) is 17.5 Å². The zero-order valence-corrected chi connectivity index (χ0v) is 12.8. The van der Waals surface area contributed by atoms with Crippen LogP contribution in [-0.4, -0.2) is 35.4 Å². The van der Waals surface area contributed by atoms with Crippen LogP contribution in [0.3, 0.4) is 0 Å². The fraction of sp³-hybridized carbons (Fsp3) is 0.500. The monoisotopic (exact) mass is 316 g/mol. The van der Waals surface area contributed by atoms with Gasteiger partial charge in [-0.05, 0) is 19.9 Å². The van der Waals surface area contributed by atoms with Gasteiger partial charge in [-0.2, -0.15) is 13.5 Å². The normalized spacial score (nSPS) is 11.7. The van der Waals surface area contributed by atoms with Gasteiger partial charge < -0.3 is 5.32 Å². The lowest BCUT2D eigenvalue weighted by Crippen LogP contribution is -2.19. The second kappa shape index (κ2) is 6.29. The second-order valence-corrected chi connectivity index (χ2v) is 6.93. The summed E-state index contributed by atoms with van der Waals surface area (Å²) in [6.45, 7) is 5.05. The van der Waals surface area contributed by atoms with Crippen molar-refractivity contribution in [3.8, 4) is 0 Å². The van der Waals surface area contributed by atoms with E-state index in [9.17, 15) is 8.42 Å². The van der Waals surface area contributed by atoms with Crippen molar-refractivity contribution >= 4 is 26.5 Å². The van der Waals surface area contributed by atoms with Crippen molar-refractivity contribution in [2.45, 2.75) is 31.8 Å². The molecule has 0 saturated carbocycles. The molecule has 0 spiro atoms. The highest BCUT2D eigenvalue weighted by atomic mass is 32.2. The van der Waals surface area contributed by atoms with Crippen LogP contribution in [0.15, 0.2) is 11.2 Å². The van der Waals surface area contributed by atoms with Crippen molar-refractivity contribution in [3.63, 3.8) is 0 Å². The molecular weight excluding hydrogens is 300 g/mol. The average Bonchev–Trinajstić information content (AvgIpc) is 2.99. The summed E-state index contributed by atoms with van der Waals surface area (Å²) < 4.78 is 26.9. The largest absolute Gasteiger partial charge is 0.313 e. The number of hydrogen-bond donors (Lipinski definition) is 3. The Morgan fingerprint density at radius 3 is 2.85 bits per heavy atom. The van der Waals surface area contributed by atoms with Crippen LogP contribution in [0.2, 0.25) is 0 Å². The Bertz CT molecular complexity index is 663. The molecule has 2 rings (SSSR count). The quantitative estimate of drug-likeness (QED) is 0.653. The summed E-state index contributed by atoms with van der Waals surface area (Å²) >= 11 is 1.18. The van der Waals surface area contributed by atoms with Crippen molar-refractivity contribution in [1.29, 1.82) is 0 Å². The Kier molecular flexibility index (Phi) is 4.68. The fourth-order valence-corrected chi connectivity index (χ4v) is 3.52. The maximum atomic E-state index is 12.3. The zero-order valence-electron chi connectivity index (χ0n) is 11.2. The number of anilines is 1. The Balaban J connectivity index is 2.15. The van der Waals surface area contributed by atoms with Crippen LogP contribution in [0.1, 0.15) is 23.9 Å². The third kappa shape index (κ3) is 3.52. The van der Waals surface area contributed by atoms with Crippen molar-refractivity contribution in [3.05, 3.63) is 16.8 Å². The first kappa shape index (κ1) is 14.9. The third-order valence-corrected chi connectivity index (χ3v) is 4.67. The number of aromatic amines is 1. The number of nitrogens with one attached hydrogen (secondary N) is 3. The maximum absolute atomic E-state index is 12.3. The number of H-pyrrole nitrogens is 1. The van der Waals surface area contributed by atoms with Crippen molar-refractivity contribution in [1.82, 2.24) is 25.7 Å². The summed E-state index contributed by atoms with van der Waals surface area (Å²) in [5, 5.41) is 17.9. The molecule has 3 N–H and O–H groups in total. The predicted molar refractivity (Wildman–Crippen MR) is 76.0 cm³/mol. The van der Waals surface area contributed by atoms with Crippen LogP contribution in [0, 0.1) is 6.92 Å². The predicted octanol–water partition coefficient (Wildman–Crippen LogP) is 0.870. The molecule has 2 heterocycles. The lowest BCUT2D eigenvalue weighted by molar-refractivity contribution is 0.593. The molecule has 0 radical (unpaired) electrons. The molecule has 0 aliphatic heterocycles. The number of sulfonamides is 1. The van der Waals surface area contributed by atoms with Crippen LogP contribution in [0.4, 0.5) is 5.13 Å². The SMILES string of the molecule is CCCNCc1cn[nH]c1S(=O)(=O)Nc1nnc(C)s1. The van der Waals surface area contributed by atoms with Crippen LogP contribution in [0.25, 0.3) is 0 Å². The third-order valence-electron chi connectivity index (χ3n) is 2.44. The van der Waals surface area contributed by atoms with Crippen molar-refractivity contribution < 1.29 is 8.42 Å². The summed E-state index contributed by atoms with van der Waals surface area (Å²) in [4.78, 5) is 0. The van der Waals surface area contributed by atoms with E-state index in [2.05, 4.69) is 30.4 Å². The lowest BCUT2D eigenvalue weighted by atomic mass is 10.3. The molecule has 0 bridgehead atoms. The lowest BCUT2D eigenvalue weighted by Gasteiger charge is -2.06. The van der Waals surface area contributed by atoms with E-state index < -0.39 is 10.0 Å². The molecule has 0 atom stereocenters. The first-order valence-electron chi connectivity index (χ1n) is 6.09. The van der Waals surface area contributed by atoms with Gasteiger partial charge in [-0.25, -0.2) is 0 Å². The van der Waals surface area contributed by atoms with Gasteiger partial charge in [0.05, 0.1) is 6.20 Å². The molecule has 0 amide bonds. The summed E-state index contributed by atoms with van der Waals surface area (Å²) in [6, 6.07) is 0. The van der Waals surface area contributed by atoms with Crippen LogP contribution in [0.5, 0.6) is 0 Å². The van der Waals surface area contributed by atoms with Gasteiger partial charge in [0, 0.05) is 12.1 Å². The van der Waals surface area contributed by atoms with Crippen LogP contribution < -0.4 is 10.0 Å². The van der Waals surface area contributed by atoms with Gasteiger partial charge in [-0.3, -0.25) is 9.82 Å². The first-order chi connectivity index (χ1) is 9.53.